The maximum Gasteiger partial charge on any atom is 0.170 e. The van der Waals surface area contributed by atoms with Crippen LogP contribution in [0, 0.1) is 11.7 Å². The highest BCUT2D eigenvalue weighted by atomic mass is 35.5. The van der Waals surface area contributed by atoms with Gasteiger partial charge in [0.15, 0.2) is 17.3 Å². The van der Waals surface area contributed by atoms with Crippen LogP contribution in [-0.4, -0.2) is 47.5 Å². The number of aromatic hydroxyl groups is 1. The average molecular weight is 506 g/mol. The number of halogens is 3. The lowest BCUT2D eigenvalue weighted by Gasteiger charge is -2.32. The van der Waals surface area contributed by atoms with Crippen molar-refractivity contribution in [3.05, 3.63) is 52.9 Å². The third-order valence-electron chi connectivity index (χ3n) is 6.35. The second-order valence-electron chi connectivity index (χ2n) is 9.26. The molecule has 2 aromatic carbocycles. The standard InChI is InChI=1S/C26H29ClFN3O2.ClH/c1-15(32)21-13-29-24-8-7-17(18-11-22(27)26(33)23(28)12-18)10-20(24)25(21)30-19-6-4-5-16(9-19)14-31(2)3;/h7-8,10-13,16,19,33H,4-6,9,14H2,1-3H3,(H,29,30);1H/t16-,19+;/m1./s1. The van der Waals surface area contributed by atoms with Crippen molar-refractivity contribution in [3.8, 4) is 16.9 Å². The molecule has 0 aliphatic heterocycles. The molecule has 1 saturated carbocycles. The maximum absolute atomic E-state index is 14.1. The van der Waals surface area contributed by atoms with E-state index in [0.29, 0.717) is 17.0 Å². The van der Waals surface area contributed by atoms with Crippen molar-refractivity contribution in [2.75, 3.05) is 26.0 Å². The lowest BCUT2D eigenvalue weighted by atomic mass is 9.85. The van der Waals surface area contributed by atoms with Crippen LogP contribution in [0.4, 0.5) is 10.1 Å². The molecule has 5 nitrogen and oxygen atoms in total. The number of carbonyl (C=O) groups excluding carboxylic acids is 1. The Morgan fingerprint density at radius 3 is 2.68 bits per heavy atom. The van der Waals surface area contributed by atoms with Gasteiger partial charge in [0.2, 0.25) is 0 Å². The van der Waals surface area contributed by atoms with Crippen molar-refractivity contribution >= 4 is 46.4 Å². The summed E-state index contributed by atoms with van der Waals surface area (Å²) >= 11 is 6.00. The molecule has 3 aromatic rings. The van der Waals surface area contributed by atoms with Crippen molar-refractivity contribution in [3.63, 3.8) is 0 Å². The molecule has 0 unspecified atom stereocenters. The number of hydrogen-bond acceptors (Lipinski definition) is 5. The highest BCUT2D eigenvalue weighted by molar-refractivity contribution is 6.32. The van der Waals surface area contributed by atoms with Gasteiger partial charge in [-0.15, -0.1) is 12.4 Å². The van der Waals surface area contributed by atoms with Gasteiger partial charge in [0.25, 0.3) is 0 Å². The quantitative estimate of drug-likeness (QED) is 0.371. The van der Waals surface area contributed by atoms with E-state index in [4.69, 9.17) is 11.6 Å². The monoisotopic (exact) mass is 505 g/mol. The van der Waals surface area contributed by atoms with Crippen LogP contribution in [-0.2, 0) is 0 Å². The van der Waals surface area contributed by atoms with Crippen molar-refractivity contribution < 1.29 is 14.3 Å². The van der Waals surface area contributed by atoms with Gasteiger partial charge in [-0.05, 0) is 81.6 Å². The predicted molar refractivity (Wildman–Crippen MR) is 139 cm³/mol. The number of aromatic nitrogens is 1. The summed E-state index contributed by atoms with van der Waals surface area (Å²) in [4.78, 5) is 19.2. The smallest absolute Gasteiger partial charge is 0.170 e. The third kappa shape index (κ3) is 5.62. The minimum absolute atomic E-state index is 0. The number of phenols is 1. The summed E-state index contributed by atoms with van der Waals surface area (Å²) in [5.74, 6) is -0.788. The lowest BCUT2D eigenvalue weighted by Crippen LogP contribution is -2.32. The Morgan fingerprint density at radius 1 is 1.24 bits per heavy atom. The SMILES string of the molecule is CC(=O)c1cnc2ccc(-c3cc(F)c(O)c(Cl)c3)cc2c1N[C@H]1CCC[C@@H](CN(C)C)C1.Cl. The number of carbonyl (C=O) groups is 1. The summed E-state index contributed by atoms with van der Waals surface area (Å²) < 4.78 is 14.1. The number of ketones is 1. The van der Waals surface area contributed by atoms with Crippen LogP contribution in [0.2, 0.25) is 5.02 Å². The number of Topliss-reactive ketones (excluding diaryl/α,β-unsaturated/α-hetero) is 1. The number of hydrogen-bond donors (Lipinski definition) is 2. The van der Waals surface area contributed by atoms with E-state index < -0.39 is 11.6 Å². The molecule has 0 spiro atoms. The van der Waals surface area contributed by atoms with E-state index in [1.54, 1.807) is 13.1 Å². The minimum atomic E-state index is -0.777. The fraction of sp³-hybridized carbons (Fsp3) is 0.385. The number of anilines is 1. The number of phenolic OH excluding ortho intramolecular Hbond substituents is 1. The summed E-state index contributed by atoms with van der Waals surface area (Å²) in [7, 11) is 4.20. The van der Waals surface area contributed by atoms with Gasteiger partial charge in [-0.1, -0.05) is 24.1 Å². The second-order valence-corrected chi connectivity index (χ2v) is 9.67. The topological polar surface area (TPSA) is 65.5 Å². The molecule has 0 bridgehead atoms. The van der Waals surface area contributed by atoms with Crippen LogP contribution < -0.4 is 5.32 Å². The number of benzene rings is 2. The van der Waals surface area contributed by atoms with E-state index >= 15 is 0 Å². The number of fused-ring (bicyclic) bond motifs is 1. The molecule has 1 fully saturated rings. The molecule has 2 atom stereocenters. The molecule has 182 valence electrons. The highest BCUT2D eigenvalue weighted by Gasteiger charge is 2.24. The summed E-state index contributed by atoms with van der Waals surface area (Å²) in [5.41, 5.74) is 3.33. The molecule has 1 aromatic heterocycles. The molecule has 1 aliphatic carbocycles. The van der Waals surface area contributed by atoms with Crippen LogP contribution >= 0.6 is 24.0 Å². The third-order valence-corrected chi connectivity index (χ3v) is 6.64. The molecular weight excluding hydrogens is 476 g/mol. The maximum atomic E-state index is 14.1. The van der Waals surface area contributed by atoms with Crippen molar-refractivity contribution in [2.24, 2.45) is 5.92 Å². The number of nitrogens with zero attached hydrogens (tertiary/aromatic N) is 2. The van der Waals surface area contributed by atoms with Crippen LogP contribution in [0.1, 0.15) is 43.0 Å². The van der Waals surface area contributed by atoms with E-state index in [-0.39, 0.29) is 29.3 Å². The summed E-state index contributed by atoms with van der Waals surface area (Å²) in [6.45, 7) is 2.59. The minimum Gasteiger partial charge on any atom is -0.504 e. The zero-order valence-corrected chi connectivity index (χ0v) is 21.1. The Bertz CT molecular complexity index is 1180. The first-order valence-electron chi connectivity index (χ1n) is 11.3. The van der Waals surface area contributed by atoms with Crippen molar-refractivity contribution in [1.82, 2.24) is 9.88 Å². The molecule has 8 heteroatoms. The molecule has 0 amide bonds. The van der Waals surface area contributed by atoms with Gasteiger partial charge in [-0.25, -0.2) is 4.39 Å². The van der Waals surface area contributed by atoms with Crippen LogP contribution in [0.15, 0.2) is 36.5 Å². The first kappa shape index (κ1) is 26.2. The van der Waals surface area contributed by atoms with Crippen LogP contribution in [0.3, 0.4) is 0 Å². The number of rotatable bonds is 6. The predicted octanol–water partition coefficient (Wildman–Crippen LogP) is 6.56. The Morgan fingerprint density at radius 2 is 2.00 bits per heavy atom. The van der Waals surface area contributed by atoms with E-state index in [9.17, 15) is 14.3 Å². The van der Waals surface area contributed by atoms with Gasteiger partial charge < -0.3 is 15.3 Å². The highest BCUT2D eigenvalue weighted by Crippen LogP contribution is 2.36. The molecule has 0 radical (unpaired) electrons. The fourth-order valence-corrected chi connectivity index (χ4v) is 5.04. The normalized spacial score (nSPS) is 18.1. The van der Waals surface area contributed by atoms with Crippen LogP contribution in [0.25, 0.3) is 22.0 Å². The molecule has 1 heterocycles. The molecule has 1 aliphatic rings. The van der Waals surface area contributed by atoms with Gasteiger partial charge in [0, 0.05) is 24.2 Å². The van der Waals surface area contributed by atoms with Gasteiger partial charge in [0.1, 0.15) is 0 Å². The van der Waals surface area contributed by atoms with E-state index in [0.717, 1.165) is 48.0 Å². The number of pyridine rings is 1. The van der Waals surface area contributed by atoms with Crippen molar-refractivity contribution in [1.29, 1.82) is 0 Å². The first-order valence-corrected chi connectivity index (χ1v) is 11.6. The largest absolute Gasteiger partial charge is 0.504 e. The van der Waals surface area contributed by atoms with Crippen molar-refractivity contribution in [2.45, 2.75) is 38.6 Å². The Labute approximate surface area is 210 Å². The second kappa shape index (κ2) is 10.9. The molecule has 4 rings (SSSR count). The molecule has 0 saturated heterocycles. The van der Waals surface area contributed by atoms with E-state index in [2.05, 4.69) is 29.3 Å². The van der Waals surface area contributed by atoms with Gasteiger partial charge in [0.05, 0.1) is 21.8 Å². The summed E-state index contributed by atoms with van der Waals surface area (Å²) in [5, 5.41) is 14.1. The van der Waals surface area contributed by atoms with E-state index in [1.165, 1.54) is 18.6 Å². The fourth-order valence-electron chi connectivity index (χ4n) is 4.84. The van der Waals surface area contributed by atoms with Crippen LogP contribution in [0.5, 0.6) is 5.75 Å². The summed E-state index contributed by atoms with van der Waals surface area (Å²) in [6.07, 6.45) is 6.07. The van der Waals surface area contributed by atoms with Gasteiger partial charge in [-0.3, -0.25) is 9.78 Å². The van der Waals surface area contributed by atoms with E-state index in [1.807, 2.05) is 18.2 Å². The number of nitrogens with one attached hydrogen (secondary N) is 1. The Hall–Kier alpha value is -2.41. The first-order chi connectivity index (χ1) is 15.7. The summed E-state index contributed by atoms with van der Waals surface area (Å²) in [6, 6.07) is 8.64. The molecular formula is C26H30Cl2FN3O2. The zero-order valence-electron chi connectivity index (χ0n) is 19.6. The van der Waals surface area contributed by atoms with Gasteiger partial charge in [-0.2, -0.15) is 0 Å². The Kier molecular flexibility index (Phi) is 8.39. The van der Waals surface area contributed by atoms with Gasteiger partial charge >= 0.3 is 0 Å². The average Bonchev–Trinajstić information content (AvgIpc) is 2.76. The Balaban J connectivity index is 0.00000324. The zero-order chi connectivity index (χ0) is 23.7. The molecule has 34 heavy (non-hydrogen) atoms. The molecule has 2 N–H and O–H groups in total. The lowest BCUT2D eigenvalue weighted by molar-refractivity contribution is 0.101.